The van der Waals surface area contributed by atoms with Crippen molar-refractivity contribution in [1.82, 2.24) is 4.31 Å². The van der Waals surface area contributed by atoms with E-state index >= 15 is 0 Å². The van der Waals surface area contributed by atoms with Crippen molar-refractivity contribution >= 4 is 33.2 Å². The minimum absolute atomic E-state index is 0.126. The molecule has 1 fully saturated rings. The fourth-order valence-corrected chi connectivity index (χ4v) is 5.73. The minimum atomic E-state index is -3.56. The van der Waals surface area contributed by atoms with Crippen LogP contribution in [0, 0.1) is 5.92 Å². The molecule has 1 aliphatic rings. The average Bonchev–Trinajstić information content (AvgIpc) is 3.21. The molecule has 1 unspecified atom stereocenters. The summed E-state index contributed by atoms with van der Waals surface area (Å²) in [5.74, 6) is -0.776. The van der Waals surface area contributed by atoms with Crippen LogP contribution in [0.2, 0.25) is 0 Å². The van der Waals surface area contributed by atoms with Gasteiger partial charge in [-0.3, -0.25) is 9.59 Å². The molecule has 1 saturated heterocycles. The minimum Gasteiger partial charge on any atom is -0.325 e. The third-order valence-corrected chi connectivity index (χ3v) is 8.30. The number of sulfonamides is 1. The van der Waals surface area contributed by atoms with Crippen molar-refractivity contribution in [3.05, 3.63) is 53.6 Å². The Morgan fingerprint density at radius 1 is 1.00 bits per heavy atom. The lowest BCUT2D eigenvalue weighted by Gasteiger charge is -2.20. The van der Waals surface area contributed by atoms with Gasteiger partial charge in [0.1, 0.15) is 0 Å². The van der Waals surface area contributed by atoms with Crippen LogP contribution in [0.1, 0.15) is 45.2 Å². The zero-order valence-electron chi connectivity index (χ0n) is 19.8. The molecule has 0 bridgehead atoms. The van der Waals surface area contributed by atoms with E-state index in [-0.39, 0.29) is 29.7 Å². The van der Waals surface area contributed by atoms with Crippen molar-refractivity contribution in [3.63, 3.8) is 0 Å². The number of hydrogen-bond donors (Lipinski definition) is 1. The number of amides is 2. The molecule has 178 valence electrons. The molecule has 0 aliphatic carbocycles. The number of nitrogens with one attached hydrogen (secondary N) is 1. The van der Waals surface area contributed by atoms with Gasteiger partial charge in [-0.2, -0.15) is 4.31 Å². The summed E-state index contributed by atoms with van der Waals surface area (Å²) in [5.41, 5.74) is 3.60. The van der Waals surface area contributed by atoms with Crippen LogP contribution in [0.4, 0.5) is 11.4 Å². The SMILES string of the molecule is CCc1cccc(CC)c1NC(=O)C1CC(=O)N(c2ccc(S(=O)(=O)N(CC)CC)cc2)C1. The van der Waals surface area contributed by atoms with E-state index in [2.05, 4.69) is 19.2 Å². The van der Waals surface area contributed by atoms with Crippen molar-refractivity contribution in [3.8, 4) is 0 Å². The highest BCUT2D eigenvalue weighted by Crippen LogP contribution is 2.29. The van der Waals surface area contributed by atoms with Gasteiger partial charge >= 0.3 is 0 Å². The summed E-state index contributed by atoms with van der Waals surface area (Å²) < 4.78 is 26.8. The second kappa shape index (κ2) is 10.5. The van der Waals surface area contributed by atoms with Gasteiger partial charge in [0.25, 0.3) is 0 Å². The van der Waals surface area contributed by atoms with Crippen LogP contribution >= 0.6 is 0 Å². The quantitative estimate of drug-likeness (QED) is 0.602. The first-order valence-corrected chi connectivity index (χ1v) is 13.0. The van der Waals surface area contributed by atoms with Crippen molar-refractivity contribution in [2.24, 2.45) is 5.92 Å². The smallest absolute Gasteiger partial charge is 0.243 e. The van der Waals surface area contributed by atoms with E-state index in [0.29, 0.717) is 18.8 Å². The van der Waals surface area contributed by atoms with Gasteiger partial charge in [0, 0.05) is 37.4 Å². The van der Waals surface area contributed by atoms with Gasteiger partial charge in [-0.1, -0.05) is 45.9 Å². The summed E-state index contributed by atoms with van der Waals surface area (Å²) in [5, 5.41) is 3.07. The summed E-state index contributed by atoms with van der Waals surface area (Å²) in [6.45, 7) is 8.75. The Hall–Kier alpha value is -2.71. The molecule has 0 aromatic heterocycles. The molecule has 7 nitrogen and oxygen atoms in total. The van der Waals surface area contributed by atoms with E-state index in [1.807, 2.05) is 18.2 Å². The maximum atomic E-state index is 13.0. The number of anilines is 2. The third kappa shape index (κ3) is 5.12. The maximum absolute atomic E-state index is 13.0. The zero-order chi connectivity index (χ0) is 24.2. The summed E-state index contributed by atoms with van der Waals surface area (Å²) in [6.07, 6.45) is 1.74. The van der Waals surface area contributed by atoms with Gasteiger partial charge in [-0.05, 0) is 48.2 Å². The number of rotatable bonds is 9. The molecule has 1 aliphatic heterocycles. The molecule has 8 heteroatoms. The molecule has 0 radical (unpaired) electrons. The van der Waals surface area contributed by atoms with Gasteiger partial charge in [0.05, 0.1) is 10.8 Å². The van der Waals surface area contributed by atoms with E-state index in [1.165, 1.54) is 16.4 Å². The average molecular weight is 472 g/mol. The topological polar surface area (TPSA) is 86.8 Å². The van der Waals surface area contributed by atoms with Crippen LogP contribution < -0.4 is 10.2 Å². The van der Waals surface area contributed by atoms with Crippen molar-refractivity contribution in [2.75, 3.05) is 29.9 Å². The summed E-state index contributed by atoms with van der Waals surface area (Å²) in [6, 6.07) is 12.3. The molecule has 33 heavy (non-hydrogen) atoms. The van der Waals surface area contributed by atoms with E-state index < -0.39 is 15.9 Å². The first-order chi connectivity index (χ1) is 15.8. The summed E-state index contributed by atoms with van der Waals surface area (Å²) >= 11 is 0. The molecule has 0 saturated carbocycles. The number of benzene rings is 2. The Morgan fingerprint density at radius 2 is 1.58 bits per heavy atom. The molecular weight excluding hydrogens is 438 g/mol. The Bertz CT molecular complexity index is 1090. The molecule has 0 spiro atoms. The molecule has 2 aromatic rings. The van der Waals surface area contributed by atoms with Crippen LogP contribution in [-0.4, -0.2) is 44.2 Å². The highest BCUT2D eigenvalue weighted by molar-refractivity contribution is 7.89. The second-order valence-electron chi connectivity index (χ2n) is 8.14. The van der Waals surface area contributed by atoms with Crippen LogP contribution in [0.15, 0.2) is 47.4 Å². The van der Waals surface area contributed by atoms with E-state index in [0.717, 1.165) is 29.7 Å². The number of para-hydroxylation sites is 1. The lowest BCUT2D eigenvalue weighted by atomic mass is 10.0. The predicted octanol–water partition coefficient (Wildman–Crippen LogP) is 3.83. The molecule has 1 heterocycles. The van der Waals surface area contributed by atoms with Crippen molar-refractivity contribution in [2.45, 2.75) is 51.9 Å². The molecular formula is C25H33N3O4S. The van der Waals surface area contributed by atoms with Gasteiger partial charge < -0.3 is 10.2 Å². The Balaban J connectivity index is 1.75. The molecule has 1 N–H and O–H groups in total. The predicted molar refractivity (Wildman–Crippen MR) is 131 cm³/mol. The molecule has 2 aromatic carbocycles. The molecule has 3 rings (SSSR count). The van der Waals surface area contributed by atoms with Crippen LogP contribution in [0.3, 0.4) is 0 Å². The van der Waals surface area contributed by atoms with Gasteiger partial charge in [0.15, 0.2) is 0 Å². The molecule has 2 amide bonds. The molecule has 1 atom stereocenters. The monoisotopic (exact) mass is 471 g/mol. The number of carbonyl (C=O) groups is 2. The Kier molecular flexibility index (Phi) is 7.92. The van der Waals surface area contributed by atoms with Gasteiger partial charge in [-0.25, -0.2) is 8.42 Å². The Labute approximate surface area is 196 Å². The van der Waals surface area contributed by atoms with E-state index in [1.54, 1.807) is 30.9 Å². The number of nitrogens with zero attached hydrogens (tertiary/aromatic N) is 2. The lowest BCUT2D eigenvalue weighted by molar-refractivity contribution is -0.122. The number of aryl methyl sites for hydroxylation is 2. The third-order valence-electron chi connectivity index (χ3n) is 6.23. The van der Waals surface area contributed by atoms with Crippen LogP contribution in [0.25, 0.3) is 0 Å². The first kappa shape index (κ1) is 24.9. The van der Waals surface area contributed by atoms with Crippen molar-refractivity contribution in [1.29, 1.82) is 0 Å². The lowest BCUT2D eigenvalue weighted by Crippen LogP contribution is -2.31. The van der Waals surface area contributed by atoms with Crippen LogP contribution in [0.5, 0.6) is 0 Å². The van der Waals surface area contributed by atoms with Crippen molar-refractivity contribution < 1.29 is 18.0 Å². The standard InChI is InChI=1S/C25H33N3O4S/c1-5-18-10-9-11-19(6-2)24(18)26-25(30)20-16-23(29)28(17-20)21-12-14-22(15-13-21)33(31,32)27(7-3)8-4/h9-15,20H,5-8,16-17H2,1-4H3,(H,26,30). The second-order valence-corrected chi connectivity index (χ2v) is 10.1. The summed E-state index contributed by atoms with van der Waals surface area (Å²) in [4.78, 5) is 27.5. The van der Waals surface area contributed by atoms with E-state index in [4.69, 9.17) is 0 Å². The Morgan fingerprint density at radius 3 is 2.09 bits per heavy atom. The van der Waals surface area contributed by atoms with E-state index in [9.17, 15) is 18.0 Å². The van der Waals surface area contributed by atoms with Gasteiger partial charge in [0.2, 0.25) is 21.8 Å². The maximum Gasteiger partial charge on any atom is 0.243 e. The highest BCUT2D eigenvalue weighted by atomic mass is 32.2. The normalized spacial score (nSPS) is 16.5. The number of carbonyl (C=O) groups excluding carboxylic acids is 2. The van der Waals surface area contributed by atoms with Crippen LogP contribution in [-0.2, 0) is 32.5 Å². The largest absolute Gasteiger partial charge is 0.325 e. The fourth-order valence-electron chi connectivity index (χ4n) is 4.27. The zero-order valence-corrected chi connectivity index (χ0v) is 20.6. The first-order valence-electron chi connectivity index (χ1n) is 11.6. The fraction of sp³-hybridized carbons (Fsp3) is 0.440. The number of hydrogen-bond acceptors (Lipinski definition) is 4. The summed E-state index contributed by atoms with van der Waals surface area (Å²) in [7, 11) is -3.56. The van der Waals surface area contributed by atoms with Gasteiger partial charge in [-0.15, -0.1) is 0 Å². The highest BCUT2D eigenvalue weighted by Gasteiger charge is 2.35.